The van der Waals surface area contributed by atoms with Crippen molar-refractivity contribution in [2.24, 2.45) is 0 Å². The Kier molecular flexibility index (Phi) is 29.7. The van der Waals surface area contributed by atoms with E-state index in [4.69, 9.17) is 4.74 Å². The summed E-state index contributed by atoms with van der Waals surface area (Å²) in [5.74, 6) is -0.0209. The normalized spacial score (nSPS) is 22.5. The summed E-state index contributed by atoms with van der Waals surface area (Å²) in [5.41, 5.74) is 0. The Morgan fingerprint density at radius 3 is 1.53 bits per heavy atom. The van der Waals surface area contributed by atoms with Gasteiger partial charge in [0.1, 0.15) is 24.4 Å². The van der Waals surface area contributed by atoms with Crippen LogP contribution in [0.1, 0.15) is 194 Å². The van der Waals surface area contributed by atoms with Crippen molar-refractivity contribution in [2.75, 3.05) is 6.61 Å². The van der Waals surface area contributed by atoms with E-state index in [0.717, 1.165) is 32.1 Å². The molecule has 1 rings (SSSR count). The molecule has 1 heterocycles. The molecule has 0 aliphatic carbocycles. The number of rotatable bonds is 33. The Bertz CT molecular complexity index is 779. The van der Waals surface area contributed by atoms with Crippen LogP contribution in [0, 0.1) is 0 Å². The van der Waals surface area contributed by atoms with E-state index in [2.05, 4.69) is 25.2 Å². The van der Waals surface area contributed by atoms with Gasteiger partial charge in [-0.1, -0.05) is 167 Å². The number of ether oxygens (including phenoxy) is 1. The summed E-state index contributed by atoms with van der Waals surface area (Å²) >= 11 is 0. The van der Waals surface area contributed by atoms with Crippen molar-refractivity contribution < 1.29 is 35.1 Å². The third-order valence-electron chi connectivity index (χ3n) is 10.2. The minimum atomic E-state index is -1.47. The fourth-order valence-electron chi connectivity index (χ4n) is 6.99. The van der Waals surface area contributed by atoms with Crippen LogP contribution in [0.15, 0.2) is 12.2 Å². The van der Waals surface area contributed by atoms with E-state index >= 15 is 0 Å². The van der Waals surface area contributed by atoms with Gasteiger partial charge >= 0.3 is 0 Å². The Morgan fingerprint density at radius 2 is 1.06 bits per heavy atom. The molecule has 3 unspecified atom stereocenters. The van der Waals surface area contributed by atoms with Crippen LogP contribution in [0.4, 0.5) is 0 Å². The maximum atomic E-state index is 12.9. The highest BCUT2D eigenvalue weighted by atomic mass is 16.5. The van der Waals surface area contributed by atoms with E-state index in [1.807, 2.05) is 6.08 Å². The summed E-state index contributed by atoms with van der Waals surface area (Å²) < 4.78 is 5.60. The highest BCUT2D eigenvalue weighted by Crippen LogP contribution is 2.25. The van der Waals surface area contributed by atoms with Crippen LogP contribution in [0.3, 0.4) is 0 Å². The highest BCUT2D eigenvalue weighted by Gasteiger charge is 2.43. The predicted octanol–water partition coefficient (Wildman–Crippen LogP) is 8.19. The fraction of sp³-hybridized carbons (Fsp3) is 0.927. The quantitative estimate of drug-likeness (QED) is 0.0300. The van der Waals surface area contributed by atoms with E-state index in [1.54, 1.807) is 0 Å². The van der Waals surface area contributed by atoms with Gasteiger partial charge in [-0.3, -0.25) is 4.79 Å². The molecule has 0 aromatic carbocycles. The van der Waals surface area contributed by atoms with Crippen LogP contribution < -0.4 is 5.32 Å². The van der Waals surface area contributed by atoms with Crippen LogP contribution in [0.5, 0.6) is 0 Å². The molecule has 0 bridgehead atoms. The molecule has 0 saturated carbocycles. The molecule has 0 aromatic rings. The van der Waals surface area contributed by atoms with Crippen molar-refractivity contribution >= 4 is 5.91 Å². The van der Waals surface area contributed by atoms with Gasteiger partial charge in [0.2, 0.25) is 5.91 Å². The van der Waals surface area contributed by atoms with Gasteiger partial charge in [-0.25, -0.2) is 0 Å². The van der Waals surface area contributed by atoms with Gasteiger partial charge in [-0.2, -0.15) is 0 Å². The number of hydrogen-bond acceptors (Lipinski definition) is 7. The molecule has 1 amide bonds. The summed E-state index contributed by atoms with van der Waals surface area (Å²) in [7, 11) is 0. The Hall–Kier alpha value is -1.03. The van der Waals surface area contributed by atoms with Crippen LogP contribution in [-0.4, -0.2) is 80.7 Å². The highest BCUT2D eigenvalue weighted by molar-refractivity contribution is 5.76. The Morgan fingerprint density at radius 1 is 0.633 bits per heavy atom. The number of hydrogen-bond donors (Lipinski definition) is 6. The van der Waals surface area contributed by atoms with Crippen molar-refractivity contribution in [1.82, 2.24) is 5.32 Å². The maximum absolute atomic E-state index is 12.9. The average Bonchev–Trinajstić information content (AvgIpc) is 3.09. The van der Waals surface area contributed by atoms with Gasteiger partial charge in [0.25, 0.3) is 0 Å². The number of nitrogens with one attached hydrogen (secondary N) is 1. The number of aliphatic hydroxyl groups is 5. The van der Waals surface area contributed by atoms with Gasteiger partial charge in [-0.05, 0) is 25.7 Å². The van der Waals surface area contributed by atoms with E-state index in [-0.39, 0.29) is 24.8 Å². The average molecular weight is 698 g/mol. The number of allylic oxidation sites excluding steroid dienone is 1. The zero-order valence-electron chi connectivity index (χ0n) is 31.8. The molecule has 1 saturated heterocycles. The third kappa shape index (κ3) is 24.0. The minimum absolute atomic E-state index is 0.0130. The molecule has 1 aliphatic rings. The van der Waals surface area contributed by atoms with Crippen LogP contribution in [0.25, 0.3) is 0 Å². The molecular formula is C41H79NO7. The first kappa shape index (κ1) is 46.0. The third-order valence-corrected chi connectivity index (χ3v) is 10.2. The van der Waals surface area contributed by atoms with Gasteiger partial charge in [0, 0.05) is 18.9 Å². The standard InChI is InChI=1S/C41H79NO7/c1-3-5-7-9-11-13-15-17-19-21-23-25-27-29-34(31-35(44)32-36-39(46)41(48)40(47)37(33-43)49-36)42-38(45)30-28-26-24-22-20-18-16-14-12-10-8-6-4-2/h27,29,34-37,39-41,43-44,46-48H,3-26,28,30-33H2,1-2H3,(H,42,45)/t34?,35?,36?,37-,39+,40-,41-/m1/s1. The molecular weight excluding hydrogens is 618 g/mol. The predicted molar refractivity (Wildman–Crippen MR) is 201 cm³/mol. The molecule has 8 nitrogen and oxygen atoms in total. The molecule has 49 heavy (non-hydrogen) atoms. The van der Waals surface area contributed by atoms with Crippen molar-refractivity contribution in [3.63, 3.8) is 0 Å². The molecule has 290 valence electrons. The van der Waals surface area contributed by atoms with E-state index in [1.165, 1.54) is 128 Å². The lowest BCUT2D eigenvalue weighted by atomic mass is 9.91. The second-order valence-corrected chi connectivity index (χ2v) is 14.9. The smallest absolute Gasteiger partial charge is 0.220 e. The van der Waals surface area contributed by atoms with Gasteiger partial charge in [-0.15, -0.1) is 0 Å². The second kappa shape index (κ2) is 31.7. The lowest BCUT2D eigenvalue weighted by molar-refractivity contribution is -0.234. The van der Waals surface area contributed by atoms with E-state index in [9.17, 15) is 30.3 Å². The summed E-state index contributed by atoms with van der Waals surface area (Å²) in [5, 5.41) is 54.2. The van der Waals surface area contributed by atoms with Crippen LogP contribution >= 0.6 is 0 Å². The van der Waals surface area contributed by atoms with Crippen LogP contribution in [0.2, 0.25) is 0 Å². The summed E-state index contributed by atoms with van der Waals surface area (Å²) in [6, 6.07) is -0.359. The SMILES string of the molecule is CCCCCCCCCCCCCC=CC(CC(O)CC1O[C@H](CO)[C@@H](O)[C@H](O)[C@H]1O)NC(=O)CCCCCCCCCCCCCCC. The first-order valence-electron chi connectivity index (χ1n) is 20.8. The number of carbonyl (C=O) groups excluding carboxylic acids is 1. The monoisotopic (exact) mass is 698 g/mol. The van der Waals surface area contributed by atoms with Crippen molar-refractivity contribution in [3.05, 3.63) is 12.2 Å². The molecule has 7 atom stereocenters. The maximum Gasteiger partial charge on any atom is 0.220 e. The van der Waals surface area contributed by atoms with Crippen molar-refractivity contribution in [2.45, 2.75) is 236 Å². The first-order valence-corrected chi connectivity index (χ1v) is 20.8. The van der Waals surface area contributed by atoms with Crippen molar-refractivity contribution in [3.8, 4) is 0 Å². The molecule has 6 N–H and O–H groups in total. The van der Waals surface area contributed by atoms with Gasteiger partial charge in [0.05, 0.1) is 18.8 Å². The lowest BCUT2D eigenvalue weighted by Gasteiger charge is -2.40. The fourth-order valence-corrected chi connectivity index (χ4v) is 6.99. The summed E-state index contributed by atoms with van der Waals surface area (Å²) in [6.45, 7) is 4.01. The zero-order valence-corrected chi connectivity index (χ0v) is 31.8. The van der Waals surface area contributed by atoms with E-state index < -0.39 is 43.2 Å². The van der Waals surface area contributed by atoms with Gasteiger partial charge < -0.3 is 35.6 Å². The second-order valence-electron chi connectivity index (χ2n) is 14.9. The van der Waals surface area contributed by atoms with E-state index in [0.29, 0.717) is 6.42 Å². The van der Waals surface area contributed by atoms with Crippen LogP contribution in [-0.2, 0) is 9.53 Å². The van der Waals surface area contributed by atoms with Crippen molar-refractivity contribution in [1.29, 1.82) is 0 Å². The molecule has 1 aliphatic heterocycles. The molecule has 1 fully saturated rings. The number of unbranched alkanes of at least 4 members (excludes halogenated alkanes) is 23. The minimum Gasteiger partial charge on any atom is -0.394 e. The Labute approximate surface area is 300 Å². The topological polar surface area (TPSA) is 139 Å². The summed E-state index contributed by atoms with van der Waals surface area (Å²) in [4.78, 5) is 12.9. The molecule has 0 spiro atoms. The molecule has 8 heteroatoms. The first-order chi connectivity index (χ1) is 23.8. The number of aliphatic hydroxyl groups excluding tert-OH is 5. The number of carbonyl (C=O) groups is 1. The largest absolute Gasteiger partial charge is 0.394 e. The molecule has 0 aromatic heterocycles. The molecule has 0 radical (unpaired) electrons. The van der Waals surface area contributed by atoms with Gasteiger partial charge in [0.15, 0.2) is 0 Å². The zero-order chi connectivity index (χ0) is 36.0. The number of amides is 1. The Balaban J connectivity index is 2.43. The lowest BCUT2D eigenvalue weighted by Crippen LogP contribution is -2.59. The summed E-state index contributed by atoms with van der Waals surface area (Å²) in [6.07, 6.45) is 29.2.